The van der Waals surface area contributed by atoms with Gasteiger partial charge in [0.1, 0.15) is 35.2 Å². The summed E-state index contributed by atoms with van der Waals surface area (Å²) >= 11 is 0. The lowest BCUT2D eigenvalue weighted by molar-refractivity contribution is 0.232. The molecular weight excluding hydrogens is 624 g/mol. The van der Waals surface area contributed by atoms with Gasteiger partial charge in [0, 0.05) is 31.3 Å². The van der Waals surface area contributed by atoms with E-state index in [2.05, 4.69) is 44.8 Å². The lowest BCUT2D eigenvalue weighted by Gasteiger charge is -2.17. The maximum absolute atomic E-state index is 10.5. The second-order valence-electron chi connectivity index (χ2n) is 12.9. The third-order valence-corrected chi connectivity index (χ3v) is 9.04. The molecule has 3 aromatic carbocycles. The number of nitrogens with one attached hydrogen (secondary N) is 1. The summed E-state index contributed by atoms with van der Waals surface area (Å²) in [7, 11) is 0. The number of phenolic OH excluding ortho intramolecular Hbond substituents is 2. The summed E-state index contributed by atoms with van der Waals surface area (Å²) in [6, 6.07) is 24.9. The third kappa shape index (κ3) is 13.3. The average molecular weight is 683 g/mol. The van der Waals surface area contributed by atoms with Crippen molar-refractivity contribution in [3.05, 3.63) is 107 Å². The molecule has 0 fully saturated rings. The molecule has 0 bridgehead atoms. The molecule has 0 radical (unpaired) electrons. The molecule has 8 heteroatoms. The molecular formula is C42H58N4O4. The van der Waals surface area contributed by atoms with Gasteiger partial charge in [0.25, 0.3) is 0 Å². The number of hydrogen-bond acceptors (Lipinski definition) is 5. The Hall–Kier alpha value is -4.72. The summed E-state index contributed by atoms with van der Waals surface area (Å²) < 4.78 is 13.9. The molecule has 5 N–H and O–H groups in total. The van der Waals surface area contributed by atoms with Crippen molar-refractivity contribution >= 4 is 12.2 Å². The zero-order valence-corrected chi connectivity index (χ0v) is 30.5. The van der Waals surface area contributed by atoms with Gasteiger partial charge in [-0.15, -0.1) is 0 Å². The monoisotopic (exact) mass is 682 g/mol. The van der Waals surface area contributed by atoms with Crippen LogP contribution in [0.5, 0.6) is 23.0 Å². The summed E-state index contributed by atoms with van der Waals surface area (Å²) in [4.78, 5) is 3.78. The standard InChI is InChI=1S/C29H44O4.C13H14N4/c1-5-9-11-22(7-3)20-32-26-15-13-24(28(30)18-26)17-25-14-16-27(19-29(25)31)33-21-23(8-4)12-10-6-2;14-10-16-13(15)12-7-4-8-17(12)9-11-5-2-1-3-6-11/h13-16,18-19,22-23,30-31H,5-12,17,20-21H2,1-4H3;1-8,10H,9H2,(H3,14,15,16). The fourth-order valence-corrected chi connectivity index (χ4v) is 5.70. The van der Waals surface area contributed by atoms with Crippen molar-refractivity contribution in [2.45, 2.75) is 92.0 Å². The Kier molecular flexibility index (Phi) is 17.5. The van der Waals surface area contributed by atoms with Crippen LogP contribution in [0, 0.1) is 17.2 Å². The Morgan fingerprint density at radius 1 is 0.780 bits per heavy atom. The summed E-state index contributed by atoms with van der Waals surface area (Å²) in [5.74, 6) is 3.21. The van der Waals surface area contributed by atoms with Gasteiger partial charge in [-0.3, -0.25) is 5.41 Å². The largest absolute Gasteiger partial charge is 0.508 e. The fourth-order valence-electron chi connectivity index (χ4n) is 5.70. The average Bonchev–Trinajstić information content (AvgIpc) is 3.59. The van der Waals surface area contributed by atoms with Crippen LogP contribution >= 0.6 is 0 Å². The molecule has 0 aliphatic carbocycles. The topological polar surface area (TPSA) is 126 Å². The highest BCUT2D eigenvalue weighted by atomic mass is 16.5. The van der Waals surface area contributed by atoms with Crippen LogP contribution in [0.25, 0.3) is 0 Å². The number of rotatable bonds is 20. The number of aliphatic imine (C=N–C) groups is 1. The number of ether oxygens (including phenoxy) is 2. The van der Waals surface area contributed by atoms with Gasteiger partial charge in [0.15, 0.2) is 0 Å². The number of aromatic hydroxyl groups is 2. The van der Waals surface area contributed by atoms with E-state index in [9.17, 15) is 10.2 Å². The highest BCUT2D eigenvalue weighted by molar-refractivity contribution is 5.99. The van der Waals surface area contributed by atoms with Crippen LogP contribution < -0.4 is 15.2 Å². The number of hydrogen-bond donors (Lipinski definition) is 4. The Morgan fingerprint density at radius 2 is 1.32 bits per heavy atom. The smallest absolute Gasteiger partial charge is 0.149 e. The van der Waals surface area contributed by atoms with Gasteiger partial charge in [-0.05, 0) is 65.6 Å². The molecule has 0 aliphatic heterocycles. The number of nitrogens with zero attached hydrogens (tertiary/aromatic N) is 2. The predicted octanol–water partition coefficient (Wildman–Crippen LogP) is 9.73. The second kappa shape index (κ2) is 22.1. The summed E-state index contributed by atoms with van der Waals surface area (Å²) in [6.07, 6.45) is 12.7. The molecule has 0 saturated carbocycles. The van der Waals surface area contributed by atoms with E-state index in [0.717, 1.165) is 42.5 Å². The van der Waals surface area contributed by atoms with Crippen molar-refractivity contribution in [2.24, 2.45) is 22.6 Å². The molecule has 1 aromatic heterocycles. The maximum atomic E-state index is 10.5. The van der Waals surface area contributed by atoms with Gasteiger partial charge in [-0.25, -0.2) is 4.99 Å². The SMILES string of the molecule is CCCCC(CC)COc1ccc(Cc2ccc(OCC(CC)CCCC)cc2O)c(O)c1.N=CN=C(N)c1cccn1Cc1ccccc1. The summed E-state index contributed by atoms with van der Waals surface area (Å²) in [6.45, 7) is 10.9. The summed E-state index contributed by atoms with van der Waals surface area (Å²) in [5, 5.41) is 28.0. The number of amidine groups is 1. The van der Waals surface area contributed by atoms with Crippen LogP contribution in [0.2, 0.25) is 0 Å². The lowest BCUT2D eigenvalue weighted by Crippen LogP contribution is -2.18. The van der Waals surface area contributed by atoms with Crippen molar-refractivity contribution in [1.29, 1.82) is 5.41 Å². The first-order chi connectivity index (χ1) is 24.3. The van der Waals surface area contributed by atoms with E-state index in [1.54, 1.807) is 12.1 Å². The van der Waals surface area contributed by atoms with Crippen molar-refractivity contribution < 1.29 is 19.7 Å². The molecule has 4 rings (SSSR count). The van der Waals surface area contributed by atoms with E-state index in [-0.39, 0.29) is 11.5 Å². The van der Waals surface area contributed by atoms with Crippen LogP contribution in [0.1, 0.15) is 101 Å². The van der Waals surface area contributed by atoms with Gasteiger partial charge in [-0.1, -0.05) is 109 Å². The van der Waals surface area contributed by atoms with Crippen molar-refractivity contribution in [1.82, 2.24) is 4.57 Å². The van der Waals surface area contributed by atoms with Crippen LogP contribution in [0.15, 0.2) is 90.1 Å². The third-order valence-electron chi connectivity index (χ3n) is 9.04. The van der Waals surface area contributed by atoms with Gasteiger partial charge in [0.05, 0.1) is 18.9 Å². The highest BCUT2D eigenvalue weighted by Crippen LogP contribution is 2.31. The minimum absolute atomic E-state index is 0.190. The normalized spacial score (nSPS) is 12.4. The van der Waals surface area contributed by atoms with Crippen LogP contribution in [-0.2, 0) is 13.0 Å². The predicted molar refractivity (Wildman–Crippen MR) is 206 cm³/mol. The number of aromatic nitrogens is 1. The Morgan fingerprint density at radius 3 is 1.78 bits per heavy atom. The molecule has 4 aromatic rings. The Labute approximate surface area is 299 Å². The number of unbranched alkanes of at least 4 members (excludes halogenated alkanes) is 2. The second-order valence-corrected chi connectivity index (χ2v) is 12.9. The zero-order chi connectivity index (χ0) is 36.1. The molecule has 50 heavy (non-hydrogen) atoms. The van der Waals surface area contributed by atoms with Crippen molar-refractivity contribution in [2.75, 3.05) is 13.2 Å². The number of nitrogens with two attached hydrogens (primary N) is 1. The summed E-state index contributed by atoms with van der Waals surface area (Å²) in [5.41, 5.74) is 9.33. The van der Waals surface area contributed by atoms with E-state index >= 15 is 0 Å². The van der Waals surface area contributed by atoms with Gasteiger partial charge >= 0.3 is 0 Å². The Balaban J connectivity index is 0.000000331. The van der Waals surface area contributed by atoms with E-state index in [1.807, 2.05) is 65.4 Å². The molecule has 1 heterocycles. The molecule has 0 amide bonds. The minimum atomic E-state index is 0.190. The van der Waals surface area contributed by atoms with Crippen LogP contribution in [-0.4, -0.2) is 40.2 Å². The number of phenols is 2. The van der Waals surface area contributed by atoms with Gasteiger partial charge in [-0.2, -0.15) is 0 Å². The maximum Gasteiger partial charge on any atom is 0.149 e. The quantitative estimate of drug-likeness (QED) is 0.0545. The van der Waals surface area contributed by atoms with Crippen LogP contribution in [0.4, 0.5) is 0 Å². The molecule has 0 aliphatic rings. The molecule has 8 nitrogen and oxygen atoms in total. The van der Waals surface area contributed by atoms with E-state index in [1.165, 1.54) is 44.1 Å². The van der Waals surface area contributed by atoms with E-state index in [4.69, 9.17) is 20.6 Å². The van der Waals surface area contributed by atoms with Gasteiger partial charge in [0.2, 0.25) is 0 Å². The highest BCUT2D eigenvalue weighted by Gasteiger charge is 2.13. The van der Waals surface area contributed by atoms with E-state index < -0.39 is 0 Å². The molecule has 0 spiro atoms. The zero-order valence-electron chi connectivity index (χ0n) is 30.5. The molecule has 0 saturated heterocycles. The van der Waals surface area contributed by atoms with Crippen molar-refractivity contribution in [3.63, 3.8) is 0 Å². The first-order valence-electron chi connectivity index (χ1n) is 18.2. The molecule has 270 valence electrons. The molecule has 2 atom stereocenters. The lowest BCUT2D eigenvalue weighted by atomic mass is 10.0. The number of benzene rings is 3. The fraction of sp³-hybridized carbons (Fsp3) is 0.429. The first kappa shape index (κ1) is 39.7. The van der Waals surface area contributed by atoms with Gasteiger partial charge < -0.3 is 30.0 Å². The molecule has 2 unspecified atom stereocenters. The Bertz CT molecular complexity index is 1520. The van der Waals surface area contributed by atoms with Crippen LogP contribution in [0.3, 0.4) is 0 Å². The van der Waals surface area contributed by atoms with Crippen molar-refractivity contribution in [3.8, 4) is 23.0 Å². The first-order valence-corrected chi connectivity index (χ1v) is 18.2. The van der Waals surface area contributed by atoms with E-state index in [0.29, 0.717) is 48.8 Å². The minimum Gasteiger partial charge on any atom is -0.508 e.